The van der Waals surface area contributed by atoms with E-state index in [1.54, 1.807) is 12.1 Å². The van der Waals surface area contributed by atoms with Gasteiger partial charge in [-0.15, -0.1) is 0 Å². The Morgan fingerprint density at radius 1 is 1.09 bits per heavy atom. The van der Waals surface area contributed by atoms with Gasteiger partial charge in [0.25, 0.3) is 5.91 Å². The van der Waals surface area contributed by atoms with Crippen molar-refractivity contribution < 1.29 is 28.9 Å². The normalized spacial score (nSPS) is 23.9. The van der Waals surface area contributed by atoms with Crippen LogP contribution >= 0.6 is 0 Å². The second-order valence-electron chi connectivity index (χ2n) is 9.10. The predicted molar refractivity (Wildman–Crippen MR) is 127 cm³/mol. The van der Waals surface area contributed by atoms with Crippen LogP contribution in [0.5, 0.6) is 5.75 Å². The van der Waals surface area contributed by atoms with Crippen molar-refractivity contribution in [2.45, 2.75) is 50.9 Å². The Labute approximate surface area is 200 Å². The summed E-state index contributed by atoms with van der Waals surface area (Å²) in [5, 5.41) is 11.4. The van der Waals surface area contributed by atoms with E-state index >= 15 is 0 Å². The van der Waals surface area contributed by atoms with E-state index in [4.69, 9.17) is 19.3 Å². The Balaban J connectivity index is 1.45. The van der Waals surface area contributed by atoms with Crippen molar-refractivity contribution in [1.29, 1.82) is 0 Å². The molecule has 182 valence electrons. The highest BCUT2D eigenvalue weighted by molar-refractivity contribution is 5.94. The lowest BCUT2D eigenvalue weighted by Gasteiger charge is -2.35. The van der Waals surface area contributed by atoms with E-state index in [9.17, 15) is 9.59 Å². The minimum atomic E-state index is -0.942. The zero-order chi connectivity index (χ0) is 23.9. The Hall–Kier alpha value is -2.90. The zero-order valence-electron chi connectivity index (χ0n) is 19.5. The lowest BCUT2D eigenvalue weighted by molar-refractivity contribution is -0.136. The molecule has 7 nitrogen and oxygen atoms in total. The van der Waals surface area contributed by atoms with Gasteiger partial charge in [0.1, 0.15) is 11.9 Å². The fraction of sp³-hybridized carbons (Fsp3) is 0.481. The van der Waals surface area contributed by atoms with Crippen molar-refractivity contribution in [2.24, 2.45) is 11.8 Å². The summed E-state index contributed by atoms with van der Waals surface area (Å²) in [6.45, 7) is 3.71. The van der Waals surface area contributed by atoms with Gasteiger partial charge in [0.05, 0.1) is 18.6 Å². The van der Waals surface area contributed by atoms with Gasteiger partial charge in [-0.1, -0.05) is 30.3 Å². The van der Waals surface area contributed by atoms with Crippen LogP contribution in [0.3, 0.4) is 0 Å². The third-order valence-electron chi connectivity index (χ3n) is 6.81. The van der Waals surface area contributed by atoms with Gasteiger partial charge in [-0.25, -0.2) is 0 Å². The summed E-state index contributed by atoms with van der Waals surface area (Å²) in [5.41, 5.74) is 1.67. The highest BCUT2D eigenvalue weighted by atomic mass is 16.5. The van der Waals surface area contributed by atoms with Crippen LogP contribution in [-0.2, 0) is 14.3 Å². The molecule has 2 fully saturated rings. The molecule has 0 saturated carbocycles. The minimum Gasteiger partial charge on any atom is -0.490 e. The Kier molecular flexibility index (Phi) is 8.19. The molecular weight excluding hydrogens is 434 g/mol. The number of carbonyl (C=O) groups excluding carboxylic acids is 1. The van der Waals surface area contributed by atoms with Crippen LogP contribution in [0.15, 0.2) is 54.6 Å². The van der Waals surface area contributed by atoms with Gasteiger partial charge >= 0.3 is 5.97 Å². The summed E-state index contributed by atoms with van der Waals surface area (Å²) >= 11 is 0. The molecule has 0 bridgehead atoms. The van der Waals surface area contributed by atoms with Gasteiger partial charge in [0, 0.05) is 37.2 Å². The van der Waals surface area contributed by atoms with Crippen LogP contribution in [0.25, 0.3) is 0 Å². The first kappa shape index (κ1) is 24.2. The maximum atomic E-state index is 12.3. The fourth-order valence-corrected chi connectivity index (χ4v) is 4.94. The highest BCUT2D eigenvalue weighted by Gasteiger charge is 2.42. The lowest BCUT2D eigenvalue weighted by atomic mass is 9.81. The number of ether oxygens (including phenoxy) is 3. The fourth-order valence-electron chi connectivity index (χ4n) is 4.94. The first-order chi connectivity index (χ1) is 16.5. The third kappa shape index (κ3) is 6.15. The number of carboxylic acids is 1. The Morgan fingerprint density at radius 3 is 2.47 bits per heavy atom. The number of rotatable bonds is 9. The molecule has 2 aliphatic heterocycles. The number of nitrogens with one attached hydrogen (secondary N) is 1. The van der Waals surface area contributed by atoms with Gasteiger partial charge in [0.2, 0.25) is 0 Å². The van der Waals surface area contributed by atoms with Crippen LogP contribution in [0.2, 0.25) is 0 Å². The number of hydrogen-bond donors (Lipinski definition) is 2. The molecule has 2 heterocycles. The molecule has 4 unspecified atom stereocenters. The number of benzene rings is 2. The van der Waals surface area contributed by atoms with Crippen LogP contribution in [0.1, 0.15) is 54.6 Å². The monoisotopic (exact) mass is 467 g/mol. The average molecular weight is 468 g/mol. The third-order valence-corrected chi connectivity index (χ3v) is 6.81. The summed E-state index contributed by atoms with van der Waals surface area (Å²) in [7, 11) is 0. The SMILES string of the molecule is CC1OC(c2ccccc2)CC1C(Oc1ccc(C(=O)NCCC(=O)O)cc1)C1CCOCC1. The summed E-state index contributed by atoms with van der Waals surface area (Å²) in [6, 6.07) is 17.4. The van der Waals surface area contributed by atoms with Crippen LogP contribution in [0.4, 0.5) is 0 Å². The van der Waals surface area contributed by atoms with Gasteiger partial charge < -0.3 is 24.6 Å². The van der Waals surface area contributed by atoms with E-state index in [0.717, 1.165) is 32.5 Å². The molecule has 0 aliphatic carbocycles. The summed E-state index contributed by atoms with van der Waals surface area (Å²) in [4.78, 5) is 22.9. The number of hydrogen-bond acceptors (Lipinski definition) is 5. The van der Waals surface area contributed by atoms with E-state index in [1.807, 2.05) is 30.3 Å². The molecule has 2 saturated heterocycles. The molecule has 1 amide bonds. The molecule has 2 aromatic carbocycles. The molecule has 2 aromatic rings. The van der Waals surface area contributed by atoms with Gasteiger partial charge in [-0.05, 0) is 56.0 Å². The van der Waals surface area contributed by atoms with E-state index in [-0.39, 0.29) is 43.1 Å². The van der Waals surface area contributed by atoms with Crippen molar-refractivity contribution in [1.82, 2.24) is 5.32 Å². The highest BCUT2D eigenvalue weighted by Crippen LogP contribution is 2.42. The molecule has 2 aliphatic rings. The van der Waals surface area contributed by atoms with Crippen molar-refractivity contribution >= 4 is 11.9 Å². The van der Waals surface area contributed by atoms with Crippen molar-refractivity contribution in [3.8, 4) is 5.75 Å². The first-order valence-electron chi connectivity index (χ1n) is 12.1. The van der Waals surface area contributed by atoms with E-state index in [0.29, 0.717) is 17.2 Å². The molecule has 7 heteroatoms. The van der Waals surface area contributed by atoms with Gasteiger partial charge in [-0.2, -0.15) is 0 Å². The maximum Gasteiger partial charge on any atom is 0.305 e. The van der Waals surface area contributed by atoms with Crippen LogP contribution < -0.4 is 10.1 Å². The van der Waals surface area contributed by atoms with Crippen molar-refractivity contribution in [3.63, 3.8) is 0 Å². The summed E-state index contributed by atoms with van der Waals surface area (Å²) < 4.78 is 18.6. The smallest absolute Gasteiger partial charge is 0.305 e. The van der Waals surface area contributed by atoms with Crippen LogP contribution in [-0.4, -0.2) is 48.9 Å². The Bertz CT molecular complexity index is 941. The molecule has 0 spiro atoms. The van der Waals surface area contributed by atoms with Crippen molar-refractivity contribution in [3.05, 3.63) is 65.7 Å². The van der Waals surface area contributed by atoms with E-state index in [2.05, 4.69) is 24.4 Å². The number of amides is 1. The van der Waals surface area contributed by atoms with Crippen LogP contribution in [0, 0.1) is 11.8 Å². The van der Waals surface area contributed by atoms with Gasteiger partial charge in [-0.3, -0.25) is 9.59 Å². The summed E-state index contributed by atoms with van der Waals surface area (Å²) in [6.07, 6.45) is 2.81. The van der Waals surface area contributed by atoms with Gasteiger partial charge in [0.15, 0.2) is 0 Å². The Morgan fingerprint density at radius 2 is 1.79 bits per heavy atom. The largest absolute Gasteiger partial charge is 0.490 e. The zero-order valence-corrected chi connectivity index (χ0v) is 19.5. The van der Waals surface area contributed by atoms with Crippen molar-refractivity contribution in [2.75, 3.05) is 19.8 Å². The molecular formula is C27H33NO6. The molecule has 4 atom stereocenters. The number of carboxylic acid groups (broad SMARTS) is 1. The number of carbonyl (C=O) groups is 2. The minimum absolute atomic E-state index is 0.0112. The molecule has 34 heavy (non-hydrogen) atoms. The molecule has 0 radical (unpaired) electrons. The molecule has 2 N–H and O–H groups in total. The molecule has 4 rings (SSSR count). The number of aliphatic carboxylic acids is 1. The second-order valence-corrected chi connectivity index (χ2v) is 9.10. The summed E-state index contributed by atoms with van der Waals surface area (Å²) in [5.74, 6) is 0.0969. The lowest BCUT2D eigenvalue weighted by Crippen LogP contribution is -2.40. The van der Waals surface area contributed by atoms with E-state index in [1.165, 1.54) is 5.56 Å². The predicted octanol–water partition coefficient (Wildman–Crippen LogP) is 4.23. The quantitative estimate of drug-likeness (QED) is 0.573. The standard InChI is InChI=1S/C27H33NO6/c1-18-23(17-24(33-18)19-5-3-2-4-6-19)26(20-12-15-32-16-13-20)34-22-9-7-21(8-10-22)27(31)28-14-11-25(29)30/h2-10,18,20,23-24,26H,11-17H2,1H3,(H,28,31)(H,29,30). The second kappa shape index (κ2) is 11.5. The topological polar surface area (TPSA) is 94.1 Å². The average Bonchev–Trinajstić information content (AvgIpc) is 3.25. The van der Waals surface area contributed by atoms with E-state index < -0.39 is 5.97 Å². The maximum absolute atomic E-state index is 12.3. The molecule has 0 aromatic heterocycles. The first-order valence-corrected chi connectivity index (χ1v) is 12.1.